The van der Waals surface area contributed by atoms with Crippen LogP contribution in [0.25, 0.3) is 0 Å². The number of aromatic nitrogens is 2. The van der Waals surface area contributed by atoms with E-state index in [1.807, 2.05) is 0 Å². The highest BCUT2D eigenvalue weighted by Gasteiger charge is 2.29. The Morgan fingerprint density at radius 2 is 1.74 bits per heavy atom. The van der Waals surface area contributed by atoms with Gasteiger partial charge in [-0.1, -0.05) is 0 Å². The fourth-order valence-electron chi connectivity index (χ4n) is 2.74. The zero-order valence-electron chi connectivity index (χ0n) is 18.3. The van der Waals surface area contributed by atoms with Crippen molar-refractivity contribution in [3.05, 3.63) is 18.2 Å². The molecule has 4 amide bonds. The molecule has 0 aliphatic heterocycles. The molecule has 16 heteroatoms. The van der Waals surface area contributed by atoms with E-state index in [4.69, 9.17) is 28.0 Å². The fraction of sp³-hybridized carbons (Fsp3) is 0.500. The van der Waals surface area contributed by atoms with Gasteiger partial charge in [-0.3, -0.25) is 29.0 Å². The molecule has 1 aromatic heterocycles. The van der Waals surface area contributed by atoms with E-state index in [1.165, 1.54) is 12.5 Å². The predicted octanol–water partition coefficient (Wildman–Crippen LogP) is -4.62. The van der Waals surface area contributed by atoms with E-state index in [-0.39, 0.29) is 31.8 Å². The molecule has 16 nitrogen and oxygen atoms in total. The molecule has 0 spiro atoms. The molecular formula is C18H30N10O6. The maximum Gasteiger partial charge on any atom is 0.322 e. The van der Waals surface area contributed by atoms with Gasteiger partial charge in [-0.2, -0.15) is 0 Å². The molecule has 0 saturated heterocycles. The van der Waals surface area contributed by atoms with Gasteiger partial charge in [0.25, 0.3) is 0 Å². The first-order valence-electron chi connectivity index (χ1n) is 10.2. The van der Waals surface area contributed by atoms with Crippen LogP contribution in [0.5, 0.6) is 0 Å². The zero-order valence-corrected chi connectivity index (χ0v) is 18.3. The predicted molar refractivity (Wildman–Crippen MR) is 118 cm³/mol. The van der Waals surface area contributed by atoms with E-state index in [0.29, 0.717) is 5.69 Å². The van der Waals surface area contributed by atoms with Crippen LogP contribution < -0.4 is 38.9 Å². The van der Waals surface area contributed by atoms with Gasteiger partial charge < -0.3 is 49.0 Å². The number of aliphatic carboxylic acids is 1. The molecule has 34 heavy (non-hydrogen) atoms. The van der Waals surface area contributed by atoms with Gasteiger partial charge >= 0.3 is 5.97 Å². The van der Waals surface area contributed by atoms with Crippen LogP contribution in [0.2, 0.25) is 0 Å². The van der Waals surface area contributed by atoms with Crippen LogP contribution in [0.15, 0.2) is 17.5 Å². The molecule has 0 saturated carbocycles. The zero-order chi connectivity index (χ0) is 25.7. The summed E-state index contributed by atoms with van der Waals surface area (Å²) in [4.78, 5) is 70.0. The summed E-state index contributed by atoms with van der Waals surface area (Å²) < 4.78 is 0. The lowest BCUT2D eigenvalue weighted by Gasteiger charge is -2.23. The fourth-order valence-corrected chi connectivity index (χ4v) is 2.74. The lowest BCUT2D eigenvalue weighted by molar-refractivity contribution is -0.138. The number of hydrogen-bond acceptors (Lipinski definition) is 8. The Kier molecular flexibility index (Phi) is 11.5. The highest BCUT2D eigenvalue weighted by molar-refractivity contribution is 5.94. The van der Waals surface area contributed by atoms with Crippen LogP contribution in [0.3, 0.4) is 0 Å². The SMILES string of the molecule is NC(=O)CC(N)C(=O)NC(CCCN=C(N)N)C(=O)NC(Cc1cnc[nH]1)C(=O)NCC(=O)O. The van der Waals surface area contributed by atoms with E-state index < -0.39 is 60.7 Å². The summed E-state index contributed by atoms with van der Waals surface area (Å²) in [5.74, 6) is -4.54. The molecule has 0 aliphatic carbocycles. The van der Waals surface area contributed by atoms with Crippen LogP contribution in [0.4, 0.5) is 0 Å². The highest BCUT2D eigenvalue weighted by Crippen LogP contribution is 2.04. The Bertz CT molecular complexity index is 884. The second-order valence-electron chi connectivity index (χ2n) is 7.24. The molecule has 1 aromatic rings. The van der Waals surface area contributed by atoms with Crippen molar-refractivity contribution in [3.63, 3.8) is 0 Å². The molecule has 188 valence electrons. The summed E-state index contributed by atoms with van der Waals surface area (Å²) in [5.41, 5.74) is 21.7. The number of aromatic amines is 1. The first-order valence-corrected chi connectivity index (χ1v) is 10.2. The number of guanidine groups is 1. The van der Waals surface area contributed by atoms with E-state index in [1.54, 1.807) is 0 Å². The summed E-state index contributed by atoms with van der Waals surface area (Å²) in [6, 6.07) is -3.65. The third kappa shape index (κ3) is 10.9. The Hall–Kier alpha value is -4.21. The number of rotatable bonds is 15. The summed E-state index contributed by atoms with van der Waals surface area (Å²) in [5, 5.41) is 15.9. The van der Waals surface area contributed by atoms with Crippen molar-refractivity contribution in [1.29, 1.82) is 0 Å². The van der Waals surface area contributed by atoms with Crippen molar-refractivity contribution in [2.45, 2.75) is 43.8 Å². The number of carbonyl (C=O) groups is 5. The molecule has 3 unspecified atom stereocenters. The standard InChI is InChI=1S/C18H30N10O6/c19-10(5-13(20)29)15(32)27-11(2-1-3-24-18(21)22)17(34)28-12(4-9-6-23-8-26-9)16(33)25-7-14(30)31/h6,8,10-12H,1-5,7,19H2,(H2,20,29)(H,23,26)(H,25,33)(H,27,32)(H,28,34)(H,30,31)(H4,21,22,24). The van der Waals surface area contributed by atoms with Crippen LogP contribution in [0, 0.1) is 0 Å². The Morgan fingerprint density at radius 1 is 1.06 bits per heavy atom. The van der Waals surface area contributed by atoms with Crippen molar-refractivity contribution in [2.75, 3.05) is 13.1 Å². The maximum absolute atomic E-state index is 13.0. The number of nitrogens with zero attached hydrogens (tertiary/aromatic N) is 2. The van der Waals surface area contributed by atoms with Crippen molar-refractivity contribution in [1.82, 2.24) is 25.9 Å². The van der Waals surface area contributed by atoms with Gasteiger partial charge in [0.15, 0.2) is 5.96 Å². The van der Waals surface area contributed by atoms with Gasteiger partial charge in [0, 0.05) is 24.9 Å². The monoisotopic (exact) mass is 482 g/mol. The molecule has 0 radical (unpaired) electrons. The number of carboxylic acids is 1. The van der Waals surface area contributed by atoms with Gasteiger partial charge in [-0.25, -0.2) is 4.98 Å². The third-order valence-corrected chi connectivity index (χ3v) is 4.36. The smallest absolute Gasteiger partial charge is 0.322 e. The lowest BCUT2D eigenvalue weighted by Crippen LogP contribution is -2.56. The van der Waals surface area contributed by atoms with E-state index in [2.05, 4.69) is 30.9 Å². The summed E-state index contributed by atoms with van der Waals surface area (Å²) in [7, 11) is 0. The Labute approximate surface area is 194 Å². The highest BCUT2D eigenvalue weighted by atomic mass is 16.4. The summed E-state index contributed by atoms with van der Waals surface area (Å²) in [6.45, 7) is -0.499. The number of carboxylic acid groups (broad SMARTS) is 1. The van der Waals surface area contributed by atoms with Gasteiger partial charge in [-0.15, -0.1) is 0 Å². The number of aliphatic imine (C=N–C) groups is 1. The van der Waals surface area contributed by atoms with E-state index in [0.717, 1.165) is 0 Å². The van der Waals surface area contributed by atoms with Crippen molar-refractivity contribution < 1.29 is 29.1 Å². The summed E-state index contributed by atoms with van der Waals surface area (Å²) >= 11 is 0. The molecular weight excluding hydrogens is 452 g/mol. The number of nitrogens with two attached hydrogens (primary N) is 4. The second-order valence-corrected chi connectivity index (χ2v) is 7.24. The minimum atomic E-state index is -1.29. The molecule has 3 atom stereocenters. The lowest BCUT2D eigenvalue weighted by atomic mass is 10.1. The van der Waals surface area contributed by atoms with Crippen LogP contribution >= 0.6 is 0 Å². The van der Waals surface area contributed by atoms with E-state index >= 15 is 0 Å². The largest absolute Gasteiger partial charge is 0.480 e. The number of nitrogens with one attached hydrogen (secondary N) is 4. The Morgan fingerprint density at radius 3 is 2.29 bits per heavy atom. The normalized spacial score (nSPS) is 13.1. The van der Waals surface area contributed by atoms with Crippen molar-refractivity contribution in [2.24, 2.45) is 27.9 Å². The Balaban J connectivity index is 2.97. The summed E-state index contributed by atoms with van der Waals surface area (Å²) in [6.07, 6.45) is 2.67. The number of imidazole rings is 1. The van der Waals surface area contributed by atoms with Gasteiger partial charge in [0.1, 0.15) is 18.6 Å². The van der Waals surface area contributed by atoms with Crippen molar-refractivity contribution >= 4 is 35.6 Å². The first-order chi connectivity index (χ1) is 16.0. The van der Waals surface area contributed by atoms with Crippen LogP contribution in [-0.4, -0.2) is 81.8 Å². The number of primary amides is 1. The van der Waals surface area contributed by atoms with E-state index in [9.17, 15) is 24.0 Å². The van der Waals surface area contributed by atoms with Gasteiger partial charge in [0.05, 0.1) is 18.8 Å². The van der Waals surface area contributed by atoms with Crippen molar-refractivity contribution in [3.8, 4) is 0 Å². The van der Waals surface area contributed by atoms with Gasteiger partial charge in [-0.05, 0) is 12.8 Å². The molecule has 13 N–H and O–H groups in total. The molecule has 0 aromatic carbocycles. The average Bonchev–Trinajstić information content (AvgIpc) is 3.25. The third-order valence-electron chi connectivity index (χ3n) is 4.36. The molecule has 0 aliphatic rings. The van der Waals surface area contributed by atoms with Gasteiger partial charge in [0.2, 0.25) is 23.6 Å². The quantitative estimate of drug-likeness (QED) is 0.0654. The number of H-pyrrole nitrogens is 1. The molecule has 1 rings (SSSR count). The van der Waals surface area contributed by atoms with Crippen LogP contribution in [0.1, 0.15) is 25.0 Å². The maximum atomic E-state index is 13.0. The molecule has 0 fully saturated rings. The molecule has 0 bridgehead atoms. The second kappa shape index (κ2) is 14.0. The number of amides is 4. The first kappa shape index (κ1) is 27.8. The minimum Gasteiger partial charge on any atom is -0.480 e. The average molecular weight is 483 g/mol. The number of carbonyl (C=O) groups excluding carboxylic acids is 4. The minimum absolute atomic E-state index is 0.0347. The molecule has 1 heterocycles. The number of hydrogen-bond donors (Lipinski definition) is 9. The topological polar surface area (TPSA) is 287 Å². The van der Waals surface area contributed by atoms with Crippen LogP contribution in [-0.2, 0) is 30.4 Å².